The minimum Gasteiger partial charge on any atom is -0.494 e. The maximum absolute atomic E-state index is 9.84. The molecule has 2 heterocycles. The number of pyridine rings is 1. The molecule has 0 aliphatic carbocycles. The number of nitrogen functional groups attached to an aromatic ring is 1. The van der Waals surface area contributed by atoms with Crippen molar-refractivity contribution in [3.63, 3.8) is 0 Å². The number of nitrogens with zero attached hydrogens (tertiary/aromatic N) is 2. The Balaban J connectivity index is 1.92. The van der Waals surface area contributed by atoms with E-state index < -0.39 is 0 Å². The van der Waals surface area contributed by atoms with Gasteiger partial charge in [-0.2, -0.15) is 5.26 Å². The molecule has 0 amide bonds. The summed E-state index contributed by atoms with van der Waals surface area (Å²) in [6.07, 6.45) is 0.796. The third-order valence-corrected chi connectivity index (χ3v) is 5.47. The highest BCUT2D eigenvalue weighted by molar-refractivity contribution is 5.79. The van der Waals surface area contributed by atoms with Crippen LogP contribution in [0.4, 0.5) is 5.82 Å². The summed E-state index contributed by atoms with van der Waals surface area (Å²) >= 11 is 0. The van der Waals surface area contributed by atoms with Crippen LogP contribution >= 0.6 is 0 Å². The summed E-state index contributed by atoms with van der Waals surface area (Å²) < 4.78 is 18.5. The Hall–Kier alpha value is -3.72. The van der Waals surface area contributed by atoms with E-state index in [1.54, 1.807) is 14.2 Å². The van der Waals surface area contributed by atoms with Crippen LogP contribution in [-0.4, -0.2) is 20.8 Å². The fraction of sp³-hybridized carbons (Fsp3) is 0.250. The predicted octanol–water partition coefficient (Wildman–Crippen LogP) is 3.73. The number of methoxy groups -OCH3 is 2. The molecule has 0 bridgehead atoms. The van der Waals surface area contributed by atoms with E-state index in [4.69, 9.17) is 19.9 Å². The Morgan fingerprint density at radius 1 is 1.03 bits per heavy atom. The molecule has 3 aromatic rings. The molecule has 2 N–H and O–H groups in total. The lowest BCUT2D eigenvalue weighted by atomic mass is 9.92. The van der Waals surface area contributed by atoms with E-state index in [0.717, 1.165) is 40.1 Å². The van der Waals surface area contributed by atoms with E-state index in [0.29, 0.717) is 36.0 Å². The molecule has 0 radical (unpaired) electrons. The second-order valence-electron chi connectivity index (χ2n) is 7.04. The number of fused-ring (bicyclic) bond motifs is 3. The monoisotopic (exact) mass is 402 g/mol. The number of hydrogen-bond acceptors (Lipinski definition) is 5. The lowest BCUT2D eigenvalue weighted by Crippen LogP contribution is -2.44. The first kappa shape index (κ1) is 19.6. The maximum Gasteiger partial charge on any atom is 0.291 e. The molecule has 6 heteroatoms. The molecular formula is C24H24N3O3+. The van der Waals surface area contributed by atoms with Crippen LogP contribution in [0, 0.1) is 11.3 Å². The first-order chi connectivity index (χ1) is 14.6. The summed E-state index contributed by atoms with van der Waals surface area (Å²) in [6, 6.07) is 16.1. The smallest absolute Gasteiger partial charge is 0.291 e. The third kappa shape index (κ3) is 3.18. The first-order valence-corrected chi connectivity index (χ1v) is 9.86. The fourth-order valence-corrected chi connectivity index (χ4v) is 3.99. The molecule has 4 rings (SSSR count). The van der Waals surface area contributed by atoms with E-state index in [2.05, 4.69) is 6.07 Å². The van der Waals surface area contributed by atoms with E-state index >= 15 is 0 Å². The topological polar surface area (TPSA) is 81.4 Å². The minimum absolute atomic E-state index is 0.472. The van der Waals surface area contributed by atoms with E-state index in [1.165, 1.54) is 0 Å². The lowest BCUT2D eigenvalue weighted by molar-refractivity contribution is -0.673. The van der Waals surface area contributed by atoms with Gasteiger partial charge in [0.25, 0.3) is 5.82 Å². The second kappa shape index (κ2) is 7.96. The van der Waals surface area contributed by atoms with Gasteiger partial charge in [-0.25, -0.2) is 4.57 Å². The largest absolute Gasteiger partial charge is 0.494 e. The van der Waals surface area contributed by atoms with Gasteiger partial charge in [0, 0.05) is 17.5 Å². The number of nitriles is 1. The molecule has 0 spiro atoms. The third-order valence-electron chi connectivity index (χ3n) is 5.47. The normalized spacial score (nSPS) is 11.8. The van der Waals surface area contributed by atoms with Crippen molar-refractivity contribution in [2.75, 3.05) is 26.6 Å². The Morgan fingerprint density at radius 3 is 2.37 bits per heavy atom. The van der Waals surface area contributed by atoms with Gasteiger partial charge in [-0.1, -0.05) is 12.1 Å². The quantitative estimate of drug-likeness (QED) is 0.658. The molecular weight excluding hydrogens is 378 g/mol. The van der Waals surface area contributed by atoms with Crippen LogP contribution < -0.4 is 24.5 Å². The van der Waals surface area contributed by atoms with Crippen molar-refractivity contribution in [1.29, 1.82) is 5.26 Å². The molecule has 152 valence electrons. The van der Waals surface area contributed by atoms with Crippen molar-refractivity contribution >= 4 is 5.82 Å². The van der Waals surface area contributed by atoms with Crippen LogP contribution in [0.5, 0.6) is 17.2 Å². The van der Waals surface area contributed by atoms with Crippen molar-refractivity contribution in [1.82, 2.24) is 0 Å². The zero-order chi connectivity index (χ0) is 21.3. The highest BCUT2D eigenvalue weighted by atomic mass is 16.5. The van der Waals surface area contributed by atoms with Gasteiger partial charge in [0.05, 0.1) is 27.4 Å². The van der Waals surface area contributed by atoms with Crippen molar-refractivity contribution in [2.45, 2.75) is 19.9 Å². The van der Waals surface area contributed by atoms with Crippen LogP contribution in [-0.2, 0) is 13.0 Å². The van der Waals surface area contributed by atoms with E-state index in [-0.39, 0.29) is 0 Å². The average Bonchev–Trinajstić information content (AvgIpc) is 2.78. The van der Waals surface area contributed by atoms with Crippen molar-refractivity contribution in [3.05, 3.63) is 53.6 Å². The summed E-state index contributed by atoms with van der Waals surface area (Å²) in [7, 11) is 3.26. The zero-order valence-electron chi connectivity index (χ0n) is 17.4. The SMILES string of the molecule is CCOc1ccc(-c2cc3[n+](c(N)c2C#N)CCc2cc(OC)c(OC)cc2-3)cc1. The molecule has 0 fully saturated rings. The molecule has 0 atom stereocenters. The van der Waals surface area contributed by atoms with Crippen LogP contribution in [0.25, 0.3) is 22.4 Å². The summed E-state index contributed by atoms with van der Waals surface area (Å²) in [5.74, 6) is 2.63. The van der Waals surface area contributed by atoms with Crippen LogP contribution in [0.3, 0.4) is 0 Å². The predicted molar refractivity (Wildman–Crippen MR) is 115 cm³/mol. The maximum atomic E-state index is 9.84. The molecule has 6 nitrogen and oxygen atoms in total. The fourth-order valence-electron chi connectivity index (χ4n) is 3.99. The van der Waals surface area contributed by atoms with Crippen molar-refractivity contribution in [2.24, 2.45) is 0 Å². The van der Waals surface area contributed by atoms with Gasteiger partial charge in [0.15, 0.2) is 11.5 Å². The minimum atomic E-state index is 0.472. The molecule has 1 aromatic heterocycles. The number of hydrogen-bond donors (Lipinski definition) is 1. The molecule has 30 heavy (non-hydrogen) atoms. The lowest BCUT2D eigenvalue weighted by Gasteiger charge is -2.22. The molecule has 0 saturated carbocycles. The van der Waals surface area contributed by atoms with Gasteiger partial charge in [0.1, 0.15) is 23.1 Å². The van der Waals surface area contributed by atoms with Crippen LogP contribution in [0.2, 0.25) is 0 Å². The molecule has 0 unspecified atom stereocenters. The first-order valence-electron chi connectivity index (χ1n) is 9.86. The Labute approximate surface area is 176 Å². The second-order valence-corrected chi connectivity index (χ2v) is 7.04. The number of nitrogens with two attached hydrogens (primary N) is 1. The molecule has 2 aromatic carbocycles. The standard InChI is InChI=1S/C24H23N3O3/c1-4-30-17-7-5-15(6-8-17)18-12-21-19-13-23(29-3)22(28-2)11-16(19)9-10-27(21)24(26)20(18)14-25/h5-8,11-13,26H,4,9-10H2,1-3H3/p+1. The van der Waals surface area contributed by atoms with Crippen molar-refractivity contribution < 1.29 is 18.8 Å². The number of anilines is 1. The number of aromatic nitrogens is 1. The van der Waals surface area contributed by atoms with E-state index in [9.17, 15) is 5.26 Å². The summed E-state index contributed by atoms with van der Waals surface area (Å²) in [6.45, 7) is 3.25. The van der Waals surface area contributed by atoms with E-state index in [1.807, 2.05) is 54.0 Å². The Bertz CT molecular complexity index is 1150. The summed E-state index contributed by atoms with van der Waals surface area (Å²) in [5.41, 5.74) is 11.8. The summed E-state index contributed by atoms with van der Waals surface area (Å²) in [4.78, 5) is 0. The van der Waals surface area contributed by atoms with Gasteiger partial charge in [0.2, 0.25) is 0 Å². The zero-order valence-corrected chi connectivity index (χ0v) is 17.4. The number of rotatable bonds is 5. The number of benzene rings is 2. The van der Waals surface area contributed by atoms with Crippen molar-refractivity contribution in [3.8, 4) is 45.7 Å². The van der Waals surface area contributed by atoms with Gasteiger partial charge in [-0.3, -0.25) is 5.73 Å². The average molecular weight is 402 g/mol. The van der Waals surface area contributed by atoms with Gasteiger partial charge >= 0.3 is 0 Å². The summed E-state index contributed by atoms with van der Waals surface area (Å²) in [5, 5.41) is 9.84. The molecule has 0 saturated heterocycles. The number of aryl methyl sites for hydroxylation is 1. The molecule has 1 aliphatic heterocycles. The van der Waals surface area contributed by atoms with Gasteiger partial charge in [-0.15, -0.1) is 0 Å². The Morgan fingerprint density at radius 2 is 1.73 bits per heavy atom. The van der Waals surface area contributed by atoms with Gasteiger partial charge < -0.3 is 14.2 Å². The van der Waals surface area contributed by atoms with Crippen LogP contribution in [0.1, 0.15) is 18.1 Å². The highest BCUT2D eigenvalue weighted by Crippen LogP contribution is 2.39. The number of ether oxygens (including phenoxy) is 3. The van der Waals surface area contributed by atoms with Gasteiger partial charge in [-0.05, 0) is 48.4 Å². The Kier molecular flexibility index (Phi) is 5.20. The molecule has 1 aliphatic rings. The van der Waals surface area contributed by atoms with Crippen LogP contribution in [0.15, 0.2) is 42.5 Å². The highest BCUT2D eigenvalue weighted by Gasteiger charge is 2.28.